The zero-order chi connectivity index (χ0) is 63.4. The monoisotopic (exact) mass is 1210 g/mol. The Bertz CT molecular complexity index is 5470. The minimum absolute atomic E-state index is 0.149. The van der Waals surface area contributed by atoms with Crippen LogP contribution in [0.2, 0.25) is 0 Å². The quantitative estimate of drug-likeness (QED) is 0.121. The van der Waals surface area contributed by atoms with E-state index in [1.54, 1.807) is 6.07 Å². The molecule has 0 bridgehead atoms. The summed E-state index contributed by atoms with van der Waals surface area (Å²) in [7, 11) is 0. The van der Waals surface area contributed by atoms with Crippen LogP contribution in [-0.2, 0) is 6.18 Å². The number of hydrogen-bond acceptors (Lipinski definition) is 4. The molecule has 0 amide bonds. The van der Waals surface area contributed by atoms with Crippen LogP contribution in [0.1, 0.15) is 5.56 Å². The number of hydrogen-bond donors (Lipinski definition) is 0. The zero-order valence-electron chi connectivity index (χ0n) is 50.0. The summed E-state index contributed by atoms with van der Waals surface area (Å²) in [5, 5.41) is 3.48. The third-order valence-corrected chi connectivity index (χ3v) is 17.6. The molecule has 0 spiro atoms. The number of nitrogens with zero attached hydrogens (tertiary/aromatic N) is 8. The maximum Gasteiger partial charge on any atom is 0.415 e. The van der Waals surface area contributed by atoms with E-state index in [-0.39, 0.29) is 16.9 Å². The Morgan fingerprint density at radius 2 is 0.617 bits per heavy atom. The van der Waals surface area contributed by atoms with Crippen LogP contribution in [0, 0.1) is 13.1 Å². The van der Waals surface area contributed by atoms with Gasteiger partial charge in [-0.2, -0.15) is 13.2 Å². The molecule has 16 rings (SSSR count). The first-order valence-corrected chi connectivity index (χ1v) is 30.5. The fraction of sp³-hybridized carbons (Fsp3) is 0.0120. The second kappa shape index (κ2) is 23.2. The predicted molar refractivity (Wildman–Crippen MR) is 373 cm³/mol. The van der Waals surface area contributed by atoms with Crippen molar-refractivity contribution in [1.82, 2.24) is 29.1 Å². The summed E-state index contributed by atoms with van der Waals surface area (Å²) in [6.45, 7) is 17.4. The molecule has 0 unspecified atom stereocenters. The van der Waals surface area contributed by atoms with Gasteiger partial charge >= 0.3 is 6.18 Å². The van der Waals surface area contributed by atoms with Crippen molar-refractivity contribution in [2.75, 3.05) is 0 Å². The van der Waals surface area contributed by atoms with E-state index in [1.807, 2.05) is 205 Å². The fourth-order valence-corrected chi connectivity index (χ4v) is 13.0. The van der Waals surface area contributed by atoms with Crippen molar-refractivity contribution in [3.8, 4) is 112 Å². The van der Waals surface area contributed by atoms with Crippen molar-refractivity contribution in [2.45, 2.75) is 6.18 Å². The third-order valence-electron chi connectivity index (χ3n) is 17.6. The molecular formula is C83H49F3N8. The van der Waals surface area contributed by atoms with Gasteiger partial charge in [0.1, 0.15) is 0 Å². The van der Waals surface area contributed by atoms with Gasteiger partial charge in [0.05, 0.1) is 63.7 Å². The van der Waals surface area contributed by atoms with Gasteiger partial charge in [0.25, 0.3) is 0 Å². The first-order valence-electron chi connectivity index (χ1n) is 30.5. The lowest BCUT2D eigenvalue weighted by molar-refractivity contribution is -0.137. The van der Waals surface area contributed by atoms with Crippen LogP contribution in [0.25, 0.3) is 165 Å². The molecule has 11 heteroatoms. The molecule has 0 N–H and O–H groups in total. The molecule has 0 radical (unpaired) electrons. The molecule has 0 atom stereocenters. The number of pyridine rings is 4. The Kier molecular flexibility index (Phi) is 13.9. The van der Waals surface area contributed by atoms with Gasteiger partial charge < -0.3 is 9.13 Å². The molecule has 0 aliphatic rings. The summed E-state index contributed by atoms with van der Waals surface area (Å²) in [4.78, 5) is 26.9. The van der Waals surface area contributed by atoms with Crippen molar-refractivity contribution >= 4 is 55.0 Å². The molecule has 10 aromatic carbocycles. The number of benzene rings is 10. The Hall–Kier alpha value is -12.8. The van der Waals surface area contributed by atoms with E-state index in [0.717, 1.165) is 145 Å². The molecular weight excluding hydrogens is 1170 g/mol. The maximum atomic E-state index is 15.3. The van der Waals surface area contributed by atoms with Crippen molar-refractivity contribution in [1.29, 1.82) is 0 Å². The lowest BCUT2D eigenvalue weighted by atomic mass is 9.98. The highest BCUT2D eigenvalue weighted by Gasteiger charge is 2.32. The number of rotatable bonds is 11. The van der Waals surface area contributed by atoms with Gasteiger partial charge in [0, 0.05) is 85.4 Å². The van der Waals surface area contributed by atoms with Crippen LogP contribution < -0.4 is 0 Å². The first-order chi connectivity index (χ1) is 46.1. The van der Waals surface area contributed by atoms with Crippen LogP contribution in [0.4, 0.5) is 24.5 Å². The largest absolute Gasteiger partial charge is 0.415 e. The van der Waals surface area contributed by atoms with Gasteiger partial charge in [-0.15, -0.1) is 0 Å². The summed E-state index contributed by atoms with van der Waals surface area (Å²) in [6, 6.07) is 88.5. The van der Waals surface area contributed by atoms with Gasteiger partial charge in [-0.1, -0.05) is 146 Å². The van der Waals surface area contributed by atoms with Crippen molar-refractivity contribution in [3.63, 3.8) is 0 Å². The van der Waals surface area contributed by atoms with Gasteiger partial charge in [-0.25, -0.2) is 9.69 Å². The van der Waals surface area contributed by atoms with Gasteiger partial charge in [0.15, 0.2) is 5.69 Å². The van der Waals surface area contributed by atoms with Crippen LogP contribution in [0.15, 0.2) is 298 Å². The van der Waals surface area contributed by atoms with E-state index < -0.39 is 11.7 Å². The number of alkyl halides is 3. The minimum atomic E-state index is -4.80. The average molecular weight is 1220 g/mol. The highest BCUT2D eigenvalue weighted by molar-refractivity contribution is 6.14. The van der Waals surface area contributed by atoms with Crippen molar-refractivity contribution in [3.05, 3.63) is 326 Å². The summed E-state index contributed by atoms with van der Waals surface area (Å²) < 4.78 is 50.1. The van der Waals surface area contributed by atoms with Crippen LogP contribution in [0.3, 0.4) is 0 Å². The molecule has 0 fully saturated rings. The molecule has 8 nitrogen and oxygen atoms in total. The van der Waals surface area contributed by atoms with E-state index in [0.29, 0.717) is 16.9 Å². The highest BCUT2D eigenvalue weighted by atomic mass is 19.4. The maximum absolute atomic E-state index is 15.3. The van der Waals surface area contributed by atoms with Crippen LogP contribution in [-0.4, -0.2) is 29.1 Å². The zero-order valence-corrected chi connectivity index (χ0v) is 50.0. The summed E-state index contributed by atoms with van der Waals surface area (Å²) in [5.74, 6) is 0. The Balaban J connectivity index is 0.952. The lowest BCUT2D eigenvalue weighted by Crippen LogP contribution is -2.06. The number of aromatic nitrogens is 6. The second-order valence-corrected chi connectivity index (χ2v) is 23.1. The molecule has 94 heavy (non-hydrogen) atoms. The first kappa shape index (κ1) is 56.4. The second-order valence-electron chi connectivity index (χ2n) is 23.1. The Morgan fingerprint density at radius 3 is 0.936 bits per heavy atom. The Morgan fingerprint density at radius 1 is 0.287 bits per heavy atom. The van der Waals surface area contributed by atoms with E-state index in [4.69, 9.17) is 26.5 Å². The van der Waals surface area contributed by atoms with Gasteiger partial charge in [-0.05, 0) is 177 Å². The molecule has 0 aliphatic heterocycles. The molecule has 0 saturated heterocycles. The third kappa shape index (κ3) is 10.3. The summed E-state index contributed by atoms with van der Waals surface area (Å²) in [5.41, 5.74) is 18.1. The van der Waals surface area contributed by atoms with Gasteiger partial charge in [0.2, 0.25) is 5.69 Å². The van der Waals surface area contributed by atoms with Crippen LogP contribution in [0.5, 0.6) is 0 Å². The smallest absolute Gasteiger partial charge is 0.319 e. The molecule has 0 saturated carbocycles. The summed E-state index contributed by atoms with van der Waals surface area (Å²) >= 11 is 0. The summed E-state index contributed by atoms with van der Waals surface area (Å²) in [6.07, 6.45) is 2.45. The van der Waals surface area contributed by atoms with E-state index >= 15 is 13.2 Å². The SMILES string of the molecule is [C-]#[N+]c1cc(-c2cc(-n3c4ccc(-c5ccnc(-c6ccccc6)c5)cc4c4cc(-c5ccnc(-c6ccccc6)c5)ccc43)c([N+]#[C-])cc2-n2c3ccc(-c4ccnc(-c5ccccc5)c4)cc3c3cc(-c4ccnc(-c5ccccc5)c4)ccc32)cc(C(F)(F)F)c1. The van der Waals surface area contributed by atoms with E-state index in [1.165, 1.54) is 6.07 Å². The normalized spacial score (nSPS) is 11.5. The average Bonchev–Trinajstić information content (AvgIpc) is 1.55. The molecule has 6 heterocycles. The van der Waals surface area contributed by atoms with E-state index in [2.05, 4.69) is 87.1 Å². The molecule has 442 valence electrons. The minimum Gasteiger partial charge on any atom is -0.319 e. The Labute approximate surface area is 538 Å². The molecule has 6 aromatic heterocycles. The van der Waals surface area contributed by atoms with Crippen molar-refractivity contribution < 1.29 is 13.2 Å². The molecule has 16 aromatic rings. The highest BCUT2D eigenvalue weighted by Crippen LogP contribution is 2.47. The van der Waals surface area contributed by atoms with Crippen molar-refractivity contribution in [2.24, 2.45) is 0 Å². The molecule has 0 aliphatic carbocycles. The number of fused-ring (bicyclic) bond motifs is 6. The van der Waals surface area contributed by atoms with Gasteiger partial charge in [-0.3, -0.25) is 19.9 Å². The van der Waals surface area contributed by atoms with E-state index in [9.17, 15) is 6.57 Å². The van der Waals surface area contributed by atoms with Crippen LogP contribution >= 0.6 is 0 Å². The topological polar surface area (TPSA) is 70.1 Å². The number of halogens is 3. The predicted octanol–water partition coefficient (Wildman–Crippen LogP) is 22.6. The lowest BCUT2D eigenvalue weighted by Gasteiger charge is -2.20. The standard InChI is InChI=1S/C83H49F3N8/c1-87-66-40-64(39-65(49-66)83(84,85)86)67-50-82(94-79-29-25-58(62-33-37-91-74(47-62)54-19-11-5-12-20-54)43-70(79)71-44-59(26-30-80(71)94)63-34-38-92-75(48-63)55-21-13-6-14-22-55)76(88-2)51-81(67)93-77-27-23-56(60-31-35-89-72(45-60)52-15-7-3-8-16-52)41-68(77)69-42-57(24-28-78(69)93)61-32-36-90-73(46-61)53-17-9-4-10-18-53/h3-51H. The fourth-order valence-electron chi connectivity index (χ4n) is 13.0.